The predicted octanol–water partition coefficient (Wildman–Crippen LogP) is 6.74. The Bertz CT molecular complexity index is 1510. The molecule has 1 aromatic heterocycles. The van der Waals surface area contributed by atoms with Crippen molar-refractivity contribution in [3.05, 3.63) is 83.7 Å². The highest BCUT2D eigenvalue weighted by Gasteiger charge is 2.37. The van der Waals surface area contributed by atoms with E-state index in [4.69, 9.17) is 10.5 Å². The molecule has 3 aromatic rings. The normalized spacial score (nSPS) is 12.9. The van der Waals surface area contributed by atoms with E-state index in [1.54, 1.807) is 11.1 Å². The summed E-state index contributed by atoms with van der Waals surface area (Å²) in [5, 5.41) is 9.23. The molecule has 1 amide bonds. The lowest BCUT2D eigenvalue weighted by molar-refractivity contribution is -0.143. The zero-order valence-electron chi connectivity index (χ0n) is 28.6. The molecular weight excluding hydrogens is 653 g/mol. The number of aliphatic carboxylic acids is 1. The number of unbranched alkanes of at least 4 members (excludes halogenated alkanes) is 1. The van der Waals surface area contributed by atoms with Gasteiger partial charge in [-0.3, -0.25) is 14.4 Å². The van der Waals surface area contributed by atoms with Crippen molar-refractivity contribution in [1.82, 2.24) is 9.47 Å². The van der Waals surface area contributed by atoms with Crippen molar-refractivity contribution in [3.8, 4) is 11.1 Å². The third-order valence-corrected chi connectivity index (χ3v) is 10.4. The highest BCUT2D eigenvalue weighted by Crippen LogP contribution is 2.41. The second-order valence-corrected chi connectivity index (χ2v) is 18.0. The van der Waals surface area contributed by atoms with Crippen molar-refractivity contribution in [1.29, 1.82) is 0 Å². The molecule has 0 saturated carbocycles. The van der Waals surface area contributed by atoms with Crippen molar-refractivity contribution in [2.45, 2.75) is 77.8 Å². The summed E-state index contributed by atoms with van der Waals surface area (Å²) in [6.45, 7) is 11.6. The van der Waals surface area contributed by atoms with E-state index in [0.29, 0.717) is 38.1 Å². The minimum atomic E-state index is -1.14. The number of rotatable bonds is 18. The lowest BCUT2D eigenvalue weighted by atomic mass is 9.83. The molecule has 12 heteroatoms. The summed E-state index contributed by atoms with van der Waals surface area (Å²) in [7, 11) is -0.824. The average Bonchev–Trinajstić information content (AvgIpc) is 3.41. The van der Waals surface area contributed by atoms with Crippen LogP contribution in [0.3, 0.4) is 0 Å². The number of thioether (sulfide) groups is 1. The van der Waals surface area contributed by atoms with Crippen molar-refractivity contribution in [3.63, 3.8) is 0 Å². The SMILES string of the molecule is C[SiH](C)CCOC(=O)CCCCN(C(=O)CSC[C@H](N)C(=O)O)C(c1cc(-c2cc(F)ccc2F)cn1Cc1ccccc1)C(C)(C)C. The highest BCUT2D eigenvalue weighted by molar-refractivity contribution is 8.00. The van der Waals surface area contributed by atoms with Crippen molar-refractivity contribution in [2.75, 3.05) is 24.7 Å². The molecule has 3 N–H and O–H groups in total. The number of carbonyl (C=O) groups is 3. The van der Waals surface area contributed by atoms with Gasteiger partial charge in [0.15, 0.2) is 0 Å². The molecule has 2 aromatic carbocycles. The van der Waals surface area contributed by atoms with Gasteiger partial charge in [-0.1, -0.05) is 64.2 Å². The minimum Gasteiger partial charge on any atom is -0.480 e. The van der Waals surface area contributed by atoms with Crippen LogP contribution in [-0.4, -0.2) is 71.9 Å². The molecule has 0 saturated heterocycles. The predicted molar refractivity (Wildman–Crippen MR) is 191 cm³/mol. The van der Waals surface area contributed by atoms with E-state index in [1.165, 1.54) is 6.07 Å². The van der Waals surface area contributed by atoms with Gasteiger partial charge in [0.1, 0.15) is 17.7 Å². The molecule has 0 aliphatic carbocycles. The highest BCUT2D eigenvalue weighted by atomic mass is 32.2. The maximum atomic E-state index is 15.1. The molecule has 0 fully saturated rings. The first-order valence-electron chi connectivity index (χ1n) is 16.4. The molecule has 262 valence electrons. The van der Waals surface area contributed by atoms with Crippen molar-refractivity contribution >= 4 is 38.4 Å². The number of carboxylic acid groups (broad SMARTS) is 1. The van der Waals surface area contributed by atoms with Crippen LogP contribution in [0.4, 0.5) is 8.78 Å². The van der Waals surface area contributed by atoms with Crippen molar-refractivity contribution < 1.29 is 33.0 Å². The fraction of sp³-hybridized carbons (Fsp3) is 0.472. The summed E-state index contributed by atoms with van der Waals surface area (Å²) >= 11 is 1.15. The Kier molecular flexibility index (Phi) is 14.9. The number of carboxylic acids is 1. The van der Waals surface area contributed by atoms with Gasteiger partial charge in [0.05, 0.1) is 18.4 Å². The van der Waals surface area contributed by atoms with Crippen LogP contribution in [0.5, 0.6) is 0 Å². The second kappa shape index (κ2) is 18.3. The van der Waals surface area contributed by atoms with Crippen LogP contribution in [-0.2, 0) is 25.7 Å². The number of aromatic nitrogens is 1. The molecule has 0 aliphatic rings. The second-order valence-electron chi connectivity index (χ2n) is 13.6. The van der Waals surface area contributed by atoms with E-state index in [-0.39, 0.29) is 35.4 Å². The molecule has 0 spiro atoms. The third-order valence-electron chi connectivity index (χ3n) is 7.93. The Morgan fingerprint density at radius 1 is 1.06 bits per heavy atom. The zero-order valence-corrected chi connectivity index (χ0v) is 30.6. The summed E-state index contributed by atoms with van der Waals surface area (Å²) in [6, 6.07) is 14.2. The van der Waals surface area contributed by atoms with E-state index in [9.17, 15) is 23.9 Å². The molecule has 8 nitrogen and oxygen atoms in total. The first-order valence-corrected chi connectivity index (χ1v) is 20.7. The van der Waals surface area contributed by atoms with E-state index in [2.05, 4.69) is 13.1 Å². The summed E-state index contributed by atoms with van der Waals surface area (Å²) in [4.78, 5) is 39.5. The summed E-state index contributed by atoms with van der Waals surface area (Å²) in [5.74, 6) is -2.67. The van der Waals surface area contributed by atoms with E-state index in [1.807, 2.05) is 61.7 Å². The third kappa shape index (κ3) is 11.9. The number of benzene rings is 2. The monoisotopic (exact) mass is 701 g/mol. The summed E-state index contributed by atoms with van der Waals surface area (Å²) < 4.78 is 36.8. The smallest absolute Gasteiger partial charge is 0.321 e. The van der Waals surface area contributed by atoms with Crippen LogP contribution >= 0.6 is 11.8 Å². The van der Waals surface area contributed by atoms with Gasteiger partial charge < -0.3 is 25.0 Å². The van der Waals surface area contributed by atoms with Gasteiger partial charge in [0.2, 0.25) is 5.91 Å². The molecule has 0 bridgehead atoms. The van der Waals surface area contributed by atoms with Gasteiger partial charge in [0.25, 0.3) is 0 Å². The Hall–Kier alpha value is -3.48. The quantitative estimate of drug-likeness (QED) is 0.0858. The number of nitrogens with two attached hydrogens (primary N) is 1. The van der Waals surface area contributed by atoms with E-state index >= 15 is 4.39 Å². The van der Waals surface area contributed by atoms with Gasteiger partial charge >= 0.3 is 11.9 Å². The molecule has 0 radical (unpaired) electrons. The molecule has 48 heavy (non-hydrogen) atoms. The number of halogens is 2. The van der Waals surface area contributed by atoms with Gasteiger partial charge in [0, 0.05) is 57.1 Å². The number of amides is 1. The van der Waals surface area contributed by atoms with Gasteiger partial charge in [-0.15, -0.1) is 11.8 Å². The topological polar surface area (TPSA) is 115 Å². The number of carbonyl (C=O) groups excluding carboxylic acids is 2. The van der Waals surface area contributed by atoms with E-state index < -0.39 is 43.9 Å². The molecule has 0 aliphatic heterocycles. The Morgan fingerprint density at radius 3 is 2.42 bits per heavy atom. The van der Waals surface area contributed by atoms with Crippen LogP contribution in [0.25, 0.3) is 11.1 Å². The van der Waals surface area contributed by atoms with Gasteiger partial charge in [-0.05, 0) is 54.1 Å². The van der Waals surface area contributed by atoms with Crippen LogP contribution in [0, 0.1) is 17.0 Å². The van der Waals surface area contributed by atoms with Crippen LogP contribution in [0.2, 0.25) is 19.1 Å². The van der Waals surface area contributed by atoms with Crippen LogP contribution < -0.4 is 5.73 Å². The number of esters is 1. The summed E-state index contributed by atoms with van der Waals surface area (Å²) in [5.41, 5.74) is 7.50. The largest absolute Gasteiger partial charge is 0.480 e. The van der Waals surface area contributed by atoms with E-state index in [0.717, 1.165) is 41.2 Å². The first-order chi connectivity index (χ1) is 22.7. The maximum Gasteiger partial charge on any atom is 0.321 e. The molecular formula is C36H49F2N3O5SSi. The fourth-order valence-corrected chi connectivity index (χ4v) is 6.91. The molecule has 1 heterocycles. The summed E-state index contributed by atoms with van der Waals surface area (Å²) in [6.07, 6.45) is 3.06. The Labute approximate surface area is 288 Å². The first kappa shape index (κ1) is 39.0. The molecule has 1 unspecified atom stereocenters. The van der Waals surface area contributed by atoms with Crippen molar-refractivity contribution in [2.24, 2.45) is 11.1 Å². The molecule has 3 rings (SSSR count). The average molecular weight is 702 g/mol. The number of nitrogens with zero attached hydrogens (tertiary/aromatic N) is 2. The standard InChI is InChI=1S/C36H49F2N3O5SSi/c1-36(2,3)34(31-19-26(28-20-27(37)14-15-29(28)38)22-40(31)21-25-11-7-6-8-12-25)41(32(42)24-47-23-30(39)35(44)45)16-10-9-13-33(43)46-17-18-48(4)5/h6-8,11-12,14-15,19-20,22,30,34,48H,9-10,13,16-18,21,23-24,39H2,1-5H3,(H,44,45)/t30-,34?/m0/s1. The lowest BCUT2D eigenvalue weighted by Crippen LogP contribution is -2.44. The zero-order chi connectivity index (χ0) is 35.4. The Balaban J connectivity index is 2.00. The number of ether oxygens (including phenoxy) is 1. The number of hydrogen-bond acceptors (Lipinski definition) is 6. The fourth-order valence-electron chi connectivity index (χ4n) is 5.47. The maximum absolute atomic E-state index is 15.1. The van der Waals surface area contributed by atoms with Crippen LogP contribution in [0.15, 0.2) is 60.8 Å². The number of hydrogen-bond donors (Lipinski definition) is 2. The lowest BCUT2D eigenvalue weighted by Gasteiger charge is -2.41. The van der Waals surface area contributed by atoms with Gasteiger partial charge in [-0.25, -0.2) is 8.78 Å². The Morgan fingerprint density at radius 2 is 1.77 bits per heavy atom. The van der Waals surface area contributed by atoms with Gasteiger partial charge in [-0.2, -0.15) is 0 Å². The molecule has 2 atom stereocenters. The minimum absolute atomic E-state index is 0.000527. The van der Waals surface area contributed by atoms with Crippen LogP contribution in [0.1, 0.15) is 57.3 Å².